The molecule has 18 heavy (non-hydrogen) atoms. The van der Waals surface area contributed by atoms with Crippen molar-refractivity contribution >= 4 is 22.9 Å². The van der Waals surface area contributed by atoms with Crippen LogP contribution in [0.5, 0.6) is 0 Å². The van der Waals surface area contributed by atoms with Gasteiger partial charge in [-0.3, -0.25) is 4.79 Å². The number of benzene rings is 1. The molecule has 0 saturated carbocycles. The average molecular weight is 247 g/mol. The molecule has 0 radical (unpaired) electrons. The number of carboxylic acid groups (broad SMARTS) is 1. The second-order valence-electron chi connectivity index (χ2n) is 3.85. The van der Waals surface area contributed by atoms with Gasteiger partial charge in [-0.2, -0.15) is 0 Å². The SMILES string of the molecule is Cc1c(/C=C/C(=O)O)c(=O)[nH]c2cc(F)ccc12. The molecule has 92 valence electrons. The molecule has 1 aromatic heterocycles. The average Bonchev–Trinajstić information content (AvgIpc) is 2.27. The van der Waals surface area contributed by atoms with Crippen LogP contribution in [0.2, 0.25) is 0 Å². The van der Waals surface area contributed by atoms with Crippen molar-refractivity contribution in [3.05, 3.63) is 51.6 Å². The number of aliphatic carboxylic acids is 1. The van der Waals surface area contributed by atoms with Crippen LogP contribution in [-0.4, -0.2) is 16.1 Å². The van der Waals surface area contributed by atoms with Crippen LogP contribution in [0, 0.1) is 12.7 Å². The second-order valence-corrected chi connectivity index (χ2v) is 3.85. The third-order valence-corrected chi connectivity index (χ3v) is 2.68. The fraction of sp³-hybridized carbons (Fsp3) is 0.0769. The highest BCUT2D eigenvalue weighted by Crippen LogP contribution is 2.19. The molecule has 1 aromatic carbocycles. The smallest absolute Gasteiger partial charge is 0.328 e. The first-order valence-electron chi connectivity index (χ1n) is 5.22. The number of hydrogen-bond acceptors (Lipinski definition) is 2. The molecule has 2 aromatic rings. The molecular weight excluding hydrogens is 237 g/mol. The van der Waals surface area contributed by atoms with Crippen LogP contribution in [0.4, 0.5) is 4.39 Å². The van der Waals surface area contributed by atoms with Crippen molar-refractivity contribution in [2.24, 2.45) is 0 Å². The molecule has 0 aliphatic heterocycles. The maximum atomic E-state index is 13.0. The first-order valence-corrected chi connectivity index (χ1v) is 5.22. The Morgan fingerprint density at radius 3 is 2.83 bits per heavy atom. The van der Waals surface area contributed by atoms with Crippen molar-refractivity contribution in [2.45, 2.75) is 6.92 Å². The second kappa shape index (κ2) is 4.44. The summed E-state index contributed by atoms with van der Waals surface area (Å²) in [5.74, 6) is -1.57. The molecule has 0 unspecified atom stereocenters. The predicted octanol–water partition coefficient (Wildman–Crippen LogP) is 2.07. The van der Waals surface area contributed by atoms with Crippen molar-refractivity contribution in [3.63, 3.8) is 0 Å². The van der Waals surface area contributed by atoms with E-state index in [2.05, 4.69) is 4.98 Å². The van der Waals surface area contributed by atoms with Crippen molar-refractivity contribution in [1.29, 1.82) is 0 Å². The van der Waals surface area contributed by atoms with Gasteiger partial charge in [0, 0.05) is 17.0 Å². The van der Waals surface area contributed by atoms with Crippen LogP contribution in [0.1, 0.15) is 11.1 Å². The maximum absolute atomic E-state index is 13.0. The normalized spacial score (nSPS) is 11.2. The Balaban J connectivity index is 2.73. The predicted molar refractivity (Wildman–Crippen MR) is 65.9 cm³/mol. The number of fused-ring (bicyclic) bond motifs is 1. The van der Waals surface area contributed by atoms with Gasteiger partial charge in [-0.15, -0.1) is 0 Å². The summed E-state index contributed by atoms with van der Waals surface area (Å²) in [5, 5.41) is 9.24. The molecular formula is C13H10FNO3. The fourth-order valence-corrected chi connectivity index (χ4v) is 1.81. The van der Waals surface area contributed by atoms with Crippen molar-refractivity contribution in [3.8, 4) is 0 Å². The number of halogens is 1. The number of aryl methyl sites for hydroxylation is 1. The van der Waals surface area contributed by atoms with Crippen LogP contribution >= 0.6 is 0 Å². The summed E-state index contributed by atoms with van der Waals surface area (Å²) in [7, 11) is 0. The zero-order chi connectivity index (χ0) is 13.3. The molecule has 0 bridgehead atoms. The van der Waals surface area contributed by atoms with Crippen LogP contribution < -0.4 is 5.56 Å². The van der Waals surface area contributed by atoms with Gasteiger partial charge in [0.2, 0.25) is 0 Å². The Hall–Kier alpha value is -2.43. The largest absolute Gasteiger partial charge is 0.478 e. The van der Waals surface area contributed by atoms with E-state index in [0.29, 0.717) is 16.5 Å². The Bertz CT molecular complexity index is 716. The lowest BCUT2D eigenvalue weighted by molar-refractivity contribution is -0.131. The molecule has 0 aliphatic carbocycles. The minimum absolute atomic E-state index is 0.261. The summed E-state index contributed by atoms with van der Waals surface area (Å²) in [6, 6.07) is 4.07. The van der Waals surface area contributed by atoms with Crippen LogP contribution in [0.15, 0.2) is 29.1 Å². The van der Waals surface area contributed by atoms with Crippen molar-refractivity contribution in [1.82, 2.24) is 4.98 Å². The maximum Gasteiger partial charge on any atom is 0.328 e. The topological polar surface area (TPSA) is 70.2 Å². The van der Waals surface area contributed by atoms with E-state index in [-0.39, 0.29) is 5.56 Å². The number of hydrogen-bond donors (Lipinski definition) is 2. The molecule has 0 spiro atoms. The Labute approximate surface area is 101 Å². The highest BCUT2D eigenvalue weighted by Gasteiger charge is 2.07. The summed E-state index contributed by atoms with van der Waals surface area (Å²) >= 11 is 0. The van der Waals surface area contributed by atoms with E-state index in [0.717, 1.165) is 6.08 Å². The van der Waals surface area contributed by atoms with E-state index in [9.17, 15) is 14.0 Å². The molecule has 2 N–H and O–H groups in total. The van der Waals surface area contributed by atoms with E-state index >= 15 is 0 Å². The lowest BCUT2D eigenvalue weighted by Crippen LogP contribution is -2.12. The van der Waals surface area contributed by atoms with Crippen LogP contribution in [0.3, 0.4) is 0 Å². The van der Waals surface area contributed by atoms with Gasteiger partial charge >= 0.3 is 5.97 Å². The molecule has 0 saturated heterocycles. The molecule has 2 rings (SSSR count). The van der Waals surface area contributed by atoms with E-state index in [1.54, 1.807) is 13.0 Å². The molecule has 1 heterocycles. The molecule has 4 nitrogen and oxygen atoms in total. The lowest BCUT2D eigenvalue weighted by Gasteiger charge is -2.05. The van der Waals surface area contributed by atoms with Gasteiger partial charge in [-0.05, 0) is 36.8 Å². The Morgan fingerprint density at radius 2 is 2.17 bits per heavy atom. The number of pyridine rings is 1. The highest BCUT2D eigenvalue weighted by molar-refractivity contribution is 5.89. The number of aromatic amines is 1. The minimum atomic E-state index is -1.13. The number of nitrogens with one attached hydrogen (secondary N) is 1. The standard InChI is InChI=1S/C13H10FNO3/c1-7-9-3-2-8(14)6-11(9)15-13(18)10(7)4-5-12(16)17/h2-6H,1H3,(H,15,18)(H,16,17)/b5-4+. The van der Waals surface area contributed by atoms with Crippen LogP contribution in [-0.2, 0) is 4.79 Å². The first kappa shape index (κ1) is 12.0. The molecule has 0 atom stereocenters. The monoisotopic (exact) mass is 247 g/mol. The van der Waals surface area contributed by atoms with Crippen molar-refractivity contribution < 1.29 is 14.3 Å². The van der Waals surface area contributed by atoms with E-state index in [1.165, 1.54) is 18.2 Å². The molecule has 0 aliphatic rings. The molecule has 5 heteroatoms. The van der Waals surface area contributed by atoms with Gasteiger partial charge in [0.15, 0.2) is 0 Å². The zero-order valence-electron chi connectivity index (χ0n) is 9.53. The minimum Gasteiger partial charge on any atom is -0.478 e. The van der Waals surface area contributed by atoms with Crippen molar-refractivity contribution in [2.75, 3.05) is 0 Å². The van der Waals surface area contributed by atoms with Gasteiger partial charge in [-0.1, -0.05) is 0 Å². The van der Waals surface area contributed by atoms with Crippen LogP contribution in [0.25, 0.3) is 17.0 Å². The number of rotatable bonds is 2. The van der Waals surface area contributed by atoms with Gasteiger partial charge in [0.05, 0.1) is 5.52 Å². The zero-order valence-corrected chi connectivity index (χ0v) is 9.53. The highest BCUT2D eigenvalue weighted by atomic mass is 19.1. The van der Waals surface area contributed by atoms with Gasteiger partial charge in [-0.25, -0.2) is 9.18 Å². The third kappa shape index (κ3) is 2.15. The number of H-pyrrole nitrogens is 1. The van der Waals surface area contributed by atoms with Gasteiger partial charge in [0.1, 0.15) is 5.82 Å². The summed E-state index contributed by atoms with van der Waals surface area (Å²) in [6.45, 7) is 1.69. The van der Waals surface area contributed by atoms with Gasteiger partial charge < -0.3 is 10.1 Å². The summed E-state index contributed by atoms with van der Waals surface area (Å²) < 4.78 is 13.0. The number of carbonyl (C=O) groups is 1. The quantitative estimate of drug-likeness (QED) is 0.798. The summed E-state index contributed by atoms with van der Waals surface area (Å²) in [4.78, 5) is 24.7. The lowest BCUT2D eigenvalue weighted by atomic mass is 10.0. The number of carboxylic acids is 1. The third-order valence-electron chi connectivity index (χ3n) is 2.68. The van der Waals surface area contributed by atoms with E-state index in [4.69, 9.17) is 5.11 Å². The Morgan fingerprint density at radius 1 is 1.44 bits per heavy atom. The summed E-state index contributed by atoms with van der Waals surface area (Å²) in [5.41, 5.74) is 0.829. The first-order chi connectivity index (χ1) is 8.49. The fourth-order valence-electron chi connectivity index (χ4n) is 1.81. The van der Waals surface area contributed by atoms with E-state index < -0.39 is 17.3 Å². The Kier molecular flexibility index (Phi) is 2.97. The van der Waals surface area contributed by atoms with E-state index in [1.807, 2.05) is 0 Å². The number of aromatic nitrogens is 1. The molecule has 0 fully saturated rings. The molecule has 0 amide bonds. The summed E-state index contributed by atoms with van der Waals surface area (Å²) in [6.07, 6.45) is 2.13. The van der Waals surface area contributed by atoms with Gasteiger partial charge in [0.25, 0.3) is 5.56 Å².